The molecule has 0 saturated carbocycles. The Hall–Kier alpha value is -3.47. The van der Waals surface area contributed by atoms with E-state index in [1.807, 2.05) is 53.4 Å². The number of benzene rings is 3. The van der Waals surface area contributed by atoms with Crippen molar-refractivity contribution in [1.82, 2.24) is 4.90 Å². The van der Waals surface area contributed by atoms with Crippen LogP contribution in [0.4, 0.5) is 10.5 Å². The maximum atomic E-state index is 13.7. The van der Waals surface area contributed by atoms with Crippen LogP contribution in [0.5, 0.6) is 11.5 Å². The highest BCUT2D eigenvalue weighted by Gasteiger charge is 2.21. The van der Waals surface area contributed by atoms with Gasteiger partial charge in [0, 0.05) is 18.8 Å². The molecule has 5 heteroatoms. The van der Waals surface area contributed by atoms with Crippen LogP contribution in [0.1, 0.15) is 61.8 Å². The number of fused-ring (bicyclic) bond motifs is 1. The molecular formula is C28H32N2O3. The van der Waals surface area contributed by atoms with Crippen molar-refractivity contribution in [2.45, 2.75) is 52.6 Å². The molecule has 3 aromatic rings. The summed E-state index contributed by atoms with van der Waals surface area (Å²) in [5.41, 5.74) is 5.30. The molecule has 4 rings (SSSR count). The minimum Gasteiger partial charge on any atom is -0.454 e. The van der Waals surface area contributed by atoms with Crippen LogP contribution in [0.25, 0.3) is 0 Å². The fourth-order valence-corrected chi connectivity index (χ4v) is 4.14. The molecule has 0 aliphatic carbocycles. The SMILES string of the molecule is CC(C)c1cccc(C(C)C)c1NC(=O)N(Cc1ccccc1)Cc1ccc2c(c1)OCO2. The average Bonchev–Trinajstić information content (AvgIpc) is 3.27. The van der Waals surface area contributed by atoms with Gasteiger partial charge in [-0.25, -0.2) is 4.79 Å². The Morgan fingerprint density at radius 3 is 2.12 bits per heavy atom. The highest BCUT2D eigenvalue weighted by atomic mass is 16.7. The molecule has 3 aromatic carbocycles. The number of para-hydroxylation sites is 1. The lowest BCUT2D eigenvalue weighted by Crippen LogP contribution is -2.34. The molecule has 172 valence electrons. The van der Waals surface area contributed by atoms with E-state index in [9.17, 15) is 4.79 Å². The minimum absolute atomic E-state index is 0.119. The molecule has 0 bridgehead atoms. The van der Waals surface area contributed by atoms with E-state index in [0.717, 1.165) is 39.4 Å². The minimum atomic E-state index is -0.119. The second-order valence-electron chi connectivity index (χ2n) is 9.08. The Balaban J connectivity index is 1.64. The van der Waals surface area contributed by atoms with Crippen molar-refractivity contribution >= 4 is 11.7 Å². The van der Waals surface area contributed by atoms with Gasteiger partial charge < -0.3 is 19.7 Å². The standard InChI is InChI=1S/C28H32N2O3/c1-19(2)23-11-8-12-24(20(3)4)27(23)29-28(31)30(16-21-9-6-5-7-10-21)17-22-13-14-25-26(15-22)33-18-32-25/h5-15,19-20H,16-18H2,1-4H3,(H,29,31). The van der Waals surface area contributed by atoms with Crippen molar-refractivity contribution in [1.29, 1.82) is 0 Å². The predicted octanol–water partition coefficient (Wildman–Crippen LogP) is 6.90. The molecule has 0 saturated heterocycles. The summed E-state index contributed by atoms with van der Waals surface area (Å²) >= 11 is 0. The van der Waals surface area contributed by atoms with Gasteiger partial charge in [-0.05, 0) is 46.2 Å². The molecule has 1 heterocycles. The number of hydrogen-bond donors (Lipinski definition) is 1. The molecule has 2 amide bonds. The van der Waals surface area contributed by atoms with Crippen molar-refractivity contribution in [3.63, 3.8) is 0 Å². The summed E-state index contributed by atoms with van der Waals surface area (Å²) in [7, 11) is 0. The summed E-state index contributed by atoms with van der Waals surface area (Å²) < 4.78 is 11.0. The van der Waals surface area contributed by atoms with Crippen LogP contribution in [-0.4, -0.2) is 17.7 Å². The zero-order valence-corrected chi connectivity index (χ0v) is 19.8. The van der Waals surface area contributed by atoms with E-state index in [1.165, 1.54) is 0 Å². The van der Waals surface area contributed by atoms with Gasteiger partial charge in [0.2, 0.25) is 6.79 Å². The van der Waals surface area contributed by atoms with Crippen LogP contribution in [-0.2, 0) is 13.1 Å². The van der Waals surface area contributed by atoms with Gasteiger partial charge in [-0.1, -0.05) is 82.3 Å². The average molecular weight is 445 g/mol. The number of nitrogens with zero attached hydrogens (tertiary/aromatic N) is 1. The van der Waals surface area contributed by atoms with E-state index >= 15 is 0 Å². The second-order valence-corrected chi connectivity index (χ2v) is 9.08. The third-order valence-electron chi connectivity index (χ3n) is 5.92. The van der Waals surface area contributed by atoms with Crippen LogP contribution in [0.2, 0.25) is 0 Å². The largest absolute Gasteiger partial charge is 0.454 e. The number of hydrogen-bond acceptors (Lipinski definition) is 3. The first-order valence-corrected chi connectivity index (χ1v) is 11.5. The van der Waals surface area contributed by atoms with Crippen molar-refractivity contribution in [3.8, 4) is 11.5 Å². The monoisotopic (exact) mass is 444 g/mol. The zero-order chi connectivity index (χ0) is 23.4. The predicted molar refractivity (Wildman–Crippen MR) is 132 cm³/mol. The molecule has 0 spiro atoms. The van der Waals surface area contributed by atoms with Crippen molar-refractivity contribution in [3.05, 3.63) is 89.0 Å². The number of carbonyl (C=O) groups excluding carboxylic acids is 1. The molecule has 1 aliphatic heterocycles. The molecular weight excluding hydrogens is 412 g/mol. The number of rotatable bonds is 7. The van der Waals surface area contributed by atoms with Crippen LogP contribution >= 0.6 is 0 Å². The lowest BCUT2D eigenvalue weighted by molar-refractivity contribution is 0.174. The van der Waals surface area contributed by atoms with Crippen LogP contribution in [0.3, 0.4) is 0 Å². The molecule has 0 fully saturated rings. The van der Waals surface area contributed by atoms with E-state index in [0.29, 0.717) is 24.9 Å². The van der Waals surface area contributed by atoms with Crippen molar-refractivity contribution in [2.24, 2.45) is 0 Å². The summed E-state index contributed by atoms with van der Waals surface area (Å²) in [4.78, 5) is 15.5. The smallest absolute Gasteiger partial charge is 0.322 e. The molecule has 1 N–H and O–H groups in total. The van der Waals surface area contributed by atoms with Crippen LogP contribution in [0, 0.1) is 0 Å². The normalized spacial score (nSPS) is 12.3. The molecule has 0 atom stereocenters. The van der Waals surface area contributed by atoms with E-state index in [4.69, 9.17) is 9.47 Å². The van der Waals surface area contributed by atoms with Gasteiger partial charge >= 0.3 is 6.03 Å². The summed E-state index contributed by atoms with van der Waals surface area (Å²) in [5, 5.41) is 3.27. The Kier molecular flexibility index (Phi) is 6.87. The molecule has 5 nitrogen and oxygen atoms in total. The number of urea groups is 1. The highest BCUT2D eigenvalue weighted by molar-refractivity contribution is 5.91. The number of ether oxygens (including phenoxy) is 2. The summed E-state index contributed by atoms with van der Waals surface area (Å²) in [5.74, 6) is 2.07. The number of nitrogens with one attached hydrogen (secondary N) is 1. The van der Waals surface area contributed by atoms with Gasteiger partial charge in [0.15, 0.2) is 11.5 Å². The first-order valence-electron chi connectivity index (χ1n) is 11.5. The molecule has 0 aromatic heterocycles. The van der Waals surface area contributed by atoms with Gasteiger partial charge in [0.25, 0.3) is 0 Å². The van der Waals surface area contributed by atoms with E-state index in [-0.39, 0.29) is 12.8 Å². The Bertz CT molecular complexity index is 1080. The molecule has 0 radical (unpaired) electrons. The van der Waals surface area contributed by atoms with Crippen LogP contribution < -0.4 is 14.8 Å². The Morgan fingerprint density at radius 1 is 0.818 bits per heavy atom. The summed E-state index contributed by atoms with van der Waals surface area (Å²) in [6.07, 6.45) is 0. The first-order chi connectivity index (χ1) is 15.9. The Morgan fingerprint density at radius 2 is 1.45 bits per heavy atom. The Labute approximate surface area is 196 Å². The molecule has 1 aliphatic rings. The lowest BCUT2D eigenvalue weighted by Gasteiger charge is -2.26. The zero-order valence-electron chi connectivity index (χ0n) is 19.8. The van der Waals surface area contributed by atoms with Crippen molar-refractivity contribution < 1.29 is 14.3 Å². The fourth-order valence-electron chi connectivity index (χ4n) is 4.14. The maximum absolute atomic E-state index is 13.7. The van der Waals surface area contributed by atoms with Crippen molar-refractivity contribution in [2.75, 3.05) is 12.1 Å². The number of carbonyl (C=O) groups is 1. The molecule has 33 heavy (non-hydrogen) atoms. The number of anilines is 1. The van der Waals surface area contributed by atoms with Gasteiger partial charge in [-0.15, -0.1) is 0 Å². The quantitative estimate of drug-likeness (QED) is 0.431. The van der Waals surface area contributed by atoms with E-state index < -0.39 is 0 Å². The molecule has 0 unspecified atom stereocenters. The third kappa shape index (κ3) is 5.30. The van der Waals surface area contributed by atoms with Crippen LogP contribution in [0.15, 0.2) is 66.7 Å². The van der Waals surface area contributed by atoms with E-state index in [2.05, 4.69) is 51.2 Å². The topological polar surface area (TPSA) is 50.8 Å². The first kappa shape index (κ1) is 22.7. The summed E-state index contributed by atoms with van der Waals surface area (Å²) in [6.45, 7) is 9.82. The van der Waals surface area contributed by atoms with Gasteiger partial charge in [-0.2, -0.15) is 0 Å². The second kappa shape index (κ2) is 9.99. The fraction of sp³-hybridized carbons (Fsp3) is 0.321. The highest BCUT2D eigenvalue weighted by Crippen LogP contribution is 2.34. The van der Waals surface area contributed by atoms with E-state index in [1.54, 1.807) is 0 Å². The number of amides is 2. The van der Waals surface area contributed by atoms with Gasteiger partial charge in [-0.3, -0.25) is 0 Å². The maximum Gasteiger partial charge on any atom is 0.322 e. The third-order valence-corrected chi connectivity index (χ3v) is 5.92. The van der Waals surface area contributed by atoms with Gasteiger partial charge in [0.1, 0.15) is 0 Å². The lowest BCUT2D eigenvalue weighted by atomic mass is 9.93. The summed E-state index contributed by atoms with van der Waals surface area (Å²) in [6, 6.07) is 22.1. The van der Waals surface area contributed by atoms with Gasteiger partial charge in [0.05, 0.1) is 0 Å².